The minimum atomic E-state index is 0.446. The van der Waals surface area contributed by atoms with E-state index in [9.17, 15) is 0 Å². The molecule has 62 valence electrons. The summed E-state index contributed by atoms with van der Waals surface area (Å²) in [4.78, 5) is 0. The van der Waals surface area contributed by atoms with E-state index in [1.54, 1.807) is 7.11 Å². The van der Waals surface area contributed by atoms with Crippen LogP contribution in [0.4, 0.5) is 0 Å². The van der Waals surface area contributed by atoms with Gasteiger partial charge in [0.05, 0.1) is 7.11 Å². The molecule has 0 atom stereocenters. The predicted octanol–water partition coefficient (Wildman–Crippen LogP) is 2.67. The zero-order valence-corrected chi connectivity index (χ0v) is 7.73. The van der Waals surface area contributed by atoms with Crippen molar-refractivity contribution in [2.24, 2.45) is 0 Å². The summed E-state index contributed by atoms with van der Waals surface area (Å²) in [7, 11) is 1.55. The van der Waals surface area contributed by atoms with Gasteiger partial charge in [0.1, 0.15) is 0 Å². The molecule has 1 aromatic rings. The maximum absolute atomic E-state index is 4.94. The molecular formula is C10H10OS. The first-order valence-electron chi connectivity index (χ1n) is 3.58. The Morgan fingerprint density at radius 2 is 1.92 bits per heavy atom. The summed E-state index contributed by atoms with van der Waals surface area (Å²) < 4.78 is 4.90. The molecule has 12 heavy (non-hydrogen) atoms. The van der Waals surface area contributed by atoms with Gasteiger partial charge in [-0.25, -0.2) is 0 Å². The van der Waals surface area contributed by atoms with E-state index in [1.807, 2.05) is 30.3 Å². The predicted molar refractivity (Wildman–Crippen MR) is 55.1 cm³/mol. The van der Waals surface area contributed by atoms with Gasteiger partial charge < -0.3 is 4.74 Å². The van der Waals surface area contributed by atoms with Crippen LogP contribution in [0.15, 0.2) is 36.9 Å². The van der Waals surface area contributed by atoms with Crippen LogP contribution >= 0.6 is 12.2 Å². The highest BCUT2D eigenvalue weighted by Crippen LogP contribution is 2.13. The van der Waals surface area contributed by atoms with Crippen molar-refractivity contribution >= 4 is 22.8 Å². The lowest BCUT2D eigenvalue weighted by Crippen LogP contribution is -1.99. The summed E-state index contributed by atoms with van der Waals surface area (Å²) >= 11 is 4.94. The Bertz CT molecular complexity index is 290. The number of hydrogen-bond donors (Lipinski definition) is 0. The number of hydrogen-bond acceptors (Lipinski definition) is 2. The van der Waals surface area contributed by atoms with Gasteiger partial charge in [0.25, 0.3) is 0 Å². The van der Waals surface area contributed by atoms with Crippen molar-refractivity contribution in [1.82, 2.24) is 0 Å². The first kappa shape index (κ1) is 8.94. The zero-order valence-electron chi connectivity index (χ0n) is 6.91. The molecule has 0 heterocycles. The third-order valence-electron chi connectivity index (χ3n) is 1.55. The fraction of sp³-hybridized carbons (Fsp3) is 0.100. The summed E-state index contributed by atoms with van der Waals surface area (Å²) in [5.74, 6) is 0. The molecule has 0 radical (unpaired) electrons. The van der Waals surface area contributed by atoms with Crippen molar-refractivity contribution in [3.05, 3.63) is 42.5 Å². The van der Waals surface area contributed by atoms with Crippen molar-refractivity contribution in [1.29, 1.82) is 0 Å². The van der Waals surface area contributed by atoms with Crippen molar-refractivity contribution in [3.63, 3.8) is 0 Å². The number of thiocarbonyl (C=S) groups is 1. The average Bonchev–Trinajstić information content (AvgIpc) is 2.17. The SMILES string of the molecule is C=C(C(=S)OC)c1ccccc1. The molecular weight excluding hydrogens is 168 g/mol. The standard InChI is InChI=1S/C10H10OS/c1-8(10(12)11-2)9-6-4-3-5-7-9/h3-7H,1H2,2H3. The van der Waals surface area contributed by atoms with Gasteiger partial charge in [-0.1, -0.05) is 36.9 Å². The Hall–Kier alpha value is -1.15. The van der Waals surface area contributed by atoms with Crippen molar-refractivity contribution in [2.75, 3.05) is 7.11 Å². The molecule has 0 aliphatic rings. The molecule has 1 aromatic carbocycles. The van der Waals surface area contributed by atoms with E-state index in [1.165, 1.54) is 0 Å². The van der Waals surface area contributed by atoms with Gasteiger partial charge in [-0.2, -0.15) is 0 Å². The van der Waals surface area contributed by atoms with Crippen LogP contribution in [-0.2, 0) is 4.74 Å². The quantitative estimate of drug-likeness (QED) is 0.508. The Labute approximate surface area is 77.7 Å². The molecule has 0 aliphatic carbocycles. The van der Waals surface area contributed by atoms with Crippen molar-refractivity contribution in [3.8, 4) is 0 Å². The number of ether oxygens (including phenoxy) is 1. The summed E-state index contributed by atoms with van der Waals surface area (Å²) in [5.41, 5.74) is 1.76. The minimum Gasteiger partial charge on any atom is -0.486 e. The molecule has 1 rings (SSSR count). The normalized spacial score (nSPS) is 9.08. The van der Waals surface area contributed by atoms with Crippen LogP contribution in [0.1, 0.15) is 5.56 Å². The van der Waals surface area contributed by atoms with Crippen LogP contribution < -0.4 is 0 Å². The van der Waals surface area contributed by atoms with Crippen molar-refractivity contribution in [2.45, 2.75) is 0 Å². The number of methoxy groups -OCH3 is 1. The number of benzene rings is 1. The van der Waals surface area contributed by atoms with E-state index in [2.05, 4.69) is 6.58 Å². The Kier molecular flexibility index (Phi) is 3.00. The van der Waals surface area contributed by atoms with Crippen LogP contribution in [-0.4, -0.2) is 12.2 Å². The lowest BCUT2D eigenvalue weighted by molar-refractivity contribution is 0.420. The third kappa shape index (κ3) is 1.92. The molecule has 2 heteroatoms. The molecule has 0 N–H and O–H groups in total. The van der Waals surface area contributed by atoms with E-state index in [0.717, 1.165) is 11.1 Å². The van der Waals surface area contributed by atoms with Gasteiger partial charge in [0.15, 0.2) is 5.05 Å². The topological polar surface area (TPSA) is 9.23 Å². The molecule has 0 unspecified atom stereocenters. The van der Waals surface area contributed by atoms with Gasteiger partial charge in [-0.05, 0) is 17.8 Å². The van der Waals surface area contributed by atoms with E-state index >= 15 is 0 Å². The zero-order chi connectivity index (χ0) is 8.97. The lowest BCUT2D eigenvalue weighted by Gasteiger charge is -2.04. The molecule has 0 fully saturated rings. The Balaban J connectivity index is 2.86. The summed E-state index contributed by atoms with van der Waals surface area (Å²) in [5, 5.41) is 0.446. The lowest BCUT2D eigenvalue weighted by atomic mass is 10.1. The molecule has 0 saturated carbocycles. The van der Waals surface area contributed by atoms with E-state index in [4.69, 9.17) is 17.0 Å². The second-order valence-corrected chi connectivity index (χ2v) is 2.71. The smallest absolute Gasteiger partial charge is 0.190 e. The number of rotatable bonds is 2. The van der Waals surface area contributed by atoms with Crippen LogP contribution in [0.3, 0.4) is 0 Å². The summed E-state index contributed by atoms with van der Waals surface area (Å²) in [6.45, 7) is 3.83. The van der Waals surface area contributed by atoms with E-state index in [0.29, 0.717) is 5.05 Å². The Morgan fingerprint density at radius 1 is 1.33 bits per heavy atom. The first-order chi connectivity index (χ1) is 5.75. The van der Waals surface area contributed by atoms with Gasteiger partial charge in [-0.15, -0.1) is 0 Å². The molecule has 0 amide bonds. The van der Waals surface area contributed by atoms with Crippen LogP contribution in [0.25, 0.3) is 5.57 Å². The molecule has 0 spiro atoms. The fourth-order valence-corrected chi connectivity index (χ4v) is 0.998. The summed E-state index contributed by atoms with van der Waals surface area (Å²) in [6, 6.07) is 9.74. The summed E-state index contributed by atoms with van der Waals surface area (Å²) in [6.07, 6.45) is 0. The second-order valence-electron chi connectivity index (χ2n) is 2.34. The second kappa shape index (κ2) is 4.02. The molecule has 0 aromatic heterocycles. The highest BCUT2D eigenvalue weighted by atomic mass is 32.1. The molecule has 0 saturated heterocycles. The van der Waals surface area contributed by atoms with Crippen LogP contribution in [0, 0.1) is 0 Å². The first-order valence-corrected chi connectivity index (χ1v) is 3.99. The van der Waals surface area contributed by atoms with Crippen molar-refractivity contribution < 1.29 is 4.74 Å². The third-order valence-corrected chi connectivity index (χ3v) is 1.97. The minimum absolute atomic E-state index is 0.446. The van der Waals surface area contributed by atoms with Gasteiger partial charge in [-0.3, -0.25) is 0 Å². The van der Waals surface area contributed by atoms with E-state index in [-0.39, 0.29) is 0 Å². The maximum Gasteiger partial charge on any atom is 0.190 e. The molecule has 0 bridgehead atoms. The fourth-order valence-electron chi connectivity index (χ4n) is 0.880. The average molecular weight is 178 g/mol. The highest BCUT2D eigenvalue weighted by molar-refractivity contribution is 7.81. The van der Waals surface area contributed by atoms with Crippen LogP contribution in [0.2, 0.25) is 0 Å². The largest absolute Gasteiger partial charge is 0.486 e. The van der Waals surface area contributed by atoms with Gasteiger partial charge >= 0.3 is 0 Å². The van der Waals surface area contributed by atoms with Gasteiger partial charge in [0.2, 0.25) is 0 Å². The van der Waals surface area contributed by atoms with Crippen LogP contribution in [0.5, 0.6) is 0 Å². The molecule has 0 aliphatic heterocycles. The Morgan fingerprint density at radius 3 is 2.42 bits per heavy atom. The van der Waals surface area contributed by atoms with E-state index < -0.39 is 0 Å². The van der Waals surface area contributed by atoms with Gasteiger partial charge in [0, 0.05) is 5.57 Å². The highest BCUT2D eigenvalue weighted by Gasteiger charge is 2.02. The maximum atomic E-state index is 4.94. The monoisotopic (exact) mass is 178 g/mol. The molecule has 1 nitrogen and oxygen atoms in total.